The van der Waals surface area contributed by atoms with Crippen LogP contribution in [-0.2, 0) is 22.9 Å². The maximum absolute atomic E-state index is 13.7. The minimum absolute atomic E-state index is 0.0486. The molecule has 4 rings (SSSR count). The summed E-state index contributed by atoms with van der Waals surface area (Å²) in [4.78, 5) is 26.8. The van der Waals surface area contributed by atoms with E-state index >= 15 is 0 Å². The highest BCUT2D eigenvalue weighted by molar-refractivity contribution is 6.99. The lowest BCUT2D eigenvalue weighted by Crippen LogP contribution is -2.66. The average molecular weight is 574 g/mol. The van der Waals surface area contributed by atoms with Gasteiger partial charge in [0.25, 0.3) is 8.32 Å². The van der Waals surface area contributed by atoms with Crippen molar-refractivity contribution in [1.82, 2.24) is 14.7 Å². The Balaban J connectivity index is 1.56. The number of nitrogens with zero attached hydrogens (tertiary/aromatic N) is 3. The summed E-state index contributed by atoms with van der Waals surface area (Å²) < 4.78 is 8.78. The first-order chi connectivity index (χ1) is 19.3. The second-order valence-electron chi connectivity index (χ2n) is 12.9. The Labute approximate surface area is 245 Å². The van der Waals surface area contributed by atoms with Gasteiger partial charge in [-0.3, -0.25) is 9.48 Å². The predicted octanol–water partition coefficient (Wildman–Crippen LogP) is 5.77. The van der Waals surface area contributed by atoms with E-state index in [2.05, 4.69) is 75.9 Å². The van der Waals surface area contributed by atoms with E-state index in [1.165, 1.54) is 15.3 Å². The topological polar surface area (TPSA) is 84.7 Å². The second kappa shape index (κ2) is 11.8. The van der Waals surface area contributed by atoms with Crippen molar-refractivity contribution in [2.24, 2.45) is 0 Å². The minimum atomic E-state index is -2.71. The summed E-state index contributed by atoms with van der Waals surface area (Å²) in [5.41, 5.74) is 2.50. The van der Waals surface area contributed by atoms with Gasteiger partial charge in [-0.2, -0.15) is 5.10 Å². The van der Waals surface area contributed by atoms with Crippen molar-refractivity contribution >= 4 is 30.6 Å². The van der Waals surface area contributed by atoms with Crippen molar-refractivity contribution in [1.29, 1.82) is 0 Å². The molecule has 3 aromatic rings. The van der Waals surface area contributed by atoms with Gasteiger partial charge in [0.15, 0.2) is 5.78 Å². The van der Waals surface area contributed by atoms with Gasteiger partial charge in [0.2, 0.25) is 0 Å². The SMILES string of the molecule is C=C(CCC(=O)c1c2c(nn1C(C)(C)C)CCN(C(=O)O)C2)CO[Si](c1ccccc1)(c1ccccc1)C(C)(C)C. The molecule has 1 aromatic heterocycles. The van der Waals surface area contributed by atoms with Gasteiger partial charge in [-0.1, -0.05) is 93.6 Å². The van der Waals surface area contributed by atoms with E-state index in [4.69, 9.17) is 9.52 Å². The fraction of sp³-hybridized carbons (Fsp3) is 0.424. The van der Waals surface area contributed by atoms with Gasteiger partial charge in [0, 0.05) is 24.9 Å². The molecule has 41 heavy (non-hydrogen) atoms. The molecule has 1 N–H and O–H groups in total. The van der Waals surface area contributed by atoms with Crippen molar-refractivity contribution in [3.63, 3.8) is 0 Å². The van der Waals surface area contributed by atoms with Gasteiger partial charge in [-0.05, 0) is 42.6 Å². The molecule has 7 nitrogen and oxygen atoms in total. The number of ketones is 1. The number of carbonyl (C=O) groups excluding carboxylic acids is 1. The molecule has 0 unspecified atom stereocenters. The van der Waals surface area contributed by atoms with Crippen LogP contribution < -0.4 is 10.4 Å². The van der Waals surface area contributed by atoms with Gasteiger partial charge in [0.05, 0.1) is 24.4 Å². The van der Waals surface area contributed by atoms with Crippen LogP contribution in [0.2, 0.25) is 5.04 Å². The minimum Gasteiger partial charge on any atom is -0.465 e. The molecule has 1 aliphatic heterocycles. The number of carboxylic acid groups (broad SMARTS) is 1. The van der Waals surface area contributed by atoms with E-state index in [0.717, 1.165) is 16.8 Å². The molecule has 1 aliphatic rings. The highest BCUT2D eigenvalue weighted by atomic mass is 28.4. The van der Waals surface area contributed by atoms with E-state index in [9.17, 15) is 14.7 Å². The Morgan fingerprint density at radius 3 is 2.00 bits per heavy atom. The molecular weight excluding hydrogens is 530 g/mol. The molecule has 0 bridgehead atoms. The number of Topliss-reactive ketones (excluding diaryl/α,β-unsaturated/α-hetero) is 1. The molecule has 0 spiro atoms. The average Bonchev–Trinajstić information content (AvgIpc) is 3.32. The molecule has 0 fully saturated rings. The number of rotatable bonds is 9. The number of fused-ring (bicyclic) bond motifs is 1. The summed E-state index contributed by atoms with van der Waals surface area (Å²) in [5.74, 6) is -0.0486. The third-order valence-corrected chi connectivity index (χ3v) is 12.8. The largest absolute Gasteiger partial charge is 0.465 e. The molecule has 8 heteroatoms. The number of hydrogen-bond donors (Lipinski definition) is 1. The lowest BCUT2D eigenvalue weighted by molar-refractivity contribution is 0.0960. The van der Waals surface area contributed by atoms with Gasteiger partial charge in [-0.25, -0.2) is 4.79 Å². The first-order valence-electron chi connectivity index (χ1n) is 14.3. The van der Waals surface area contributed by atoms with Crippen molar-refractivity contribution in [3.05, 3.63) is 89.8 Å². The second-order valence-corrected chi connectivity index (χ2v) is 17.2. The van der Waals surface area contributed by atoms with Gasteiger partial charge in [0.1, 0.15) is 5.69 Å². The van der Waals surface area contributed by atoms with Gasteiger partial charge >= 0.3 is 6.09 Å². The Kier molecular flexibility index (Phi) is 8.75. The lowest BCUT2D eigenvalue weighted by atomic mass is 9.99. The molecule has 0 radical (unpaired) electrons. The van der Waals surface area contributed by atoms with Crippen LogP contribution in [0, 0.1) is 0 Å². The highest BCUT2D eigenvalue weighted by Gasteiger charge is 2.50. The van der Waals surface area contributed by atoms with Crippen LogP contribution in [0.25, 0.3) is 0 Å². The number of benzene rings is 2. The predicted molar refractivity (Wildman–Crippen MR) is 166 cm³/mol. The summed E-state index contributed by atoms with van der Waals surface area (Å²) in [6, 6.07) is 20.9. The zero-order valence-corrected chi connectivity index (χ0v) is 26.2. The summed E-state index contributed by atoms with van der Waals surface area (Å²) in [5, 5.41) is 16.6. The third-order valence-electron chi connectivity index (χ3n) is 7.82. The number of aromatic nitrogens is 2. The maximum Gasteiger partial charge on any atom is 0.407 e. The number of hydrogen-bond acceptors (Lipinski definition) is 4. The Hall–Kier alpha value is -3.49. The molecule has 2 aromatic carbocycles. The smallest absolute Gasteiger partial charge is 0.407 e. The zero-order chi connectivity index (χ0) is 30.0. The van der Waals surface area contributed by atoms with E-state index in [1.54, 1.807) is 4.68 Å². The standard InChI is InChI=1S/C33H43N3O4Si/c1-24(23-40-41(33(5,6)7,25-14-10-8-11-15-25)26-16-12-9-13-17-26)18-19-29(37)30-27-22-35(31(38)39)21-20-28(27)34-36(30)32(2,3)4/h8-17H,1,18-23H2,2-7H3,(H,38,39). The summed E-state index contributed by atoms with van der Waals surface area (Å²) >= 11 is 0. The quantitative estimate of drug-likeness (QED) is 0.200. The lowest BCUT2D eigenvalue weighted by Gasteiger charge is -2.43. The number of amides is 1. The Bertz CT molecular complexity index is 1360. The third kappa shape index (κ3) is 6.23. The Morgan fingerprint density at radius 1 is 0.951 bits per heavy atom. The summed E-state index contributed by atoms with van der Waals surface area (Å²) in [6.07, 6.45) is 0.254. The molecule has 0 saturated carbocycles. The van der Waals surface area contributed by atoms with E-state index < -0.39 is 19.9 Å². The monoisotopic (exact) mass is 573 g/mol. The fourth-order valence-corrected chi connectivity index (χ4v) is 10.3. The van der Waals surface area contributed by atoms with Crippen molar-refractivity contribution in [2.75, 3.05) is 13.2 Å². The summed E-state index contributed by atoms with van der Waals surface area (Å²) in [6.45, 7) is 18.0. The zero-order valence-electron chi connectivity index (χ0n) is 25.2. The van der Waals surface area contributed by atoms with Gasteiger partial charge in [-0.15, -0.1) is 0 Å². The molecule has 2 heterocycles. The van der Waals surface area contributed by atoms with Crippen LogP contribution in [0.1, 0.15) is 76.1 Å². The first kappa shape index (κ1) is 30.5. The molecule has 0 atom stereocenters. The molecular formula is C33H43N3O4Si. The van der Waals surface area contributed by atoms with Crippen molar-refractivity contribution < 1.29 is 19.1 Å². The van der Waals surface area contributed by atoms with Crippen LogP contribution in [0.5, 0.6) is 0 Å². The van der Waals surface area contributed by atoms with Crippen LogP contribution in [0.4, 0.5) is 4.79 Å². The van der Waals surface area contributed by atoms with Gasteiger partial charge < -0.3 is 14.4 Å². The molecule has 0 aliphatic carbocycles. The van der Waals surface area contributed by atoms with E-state index in [0.29, 0.717) is 31.7 Å². The summed E-state index contributed by atoms with van der Waals surface area (Å²) in [7, 11) is -2.71. The first-order valence-corrected chi connectivity index (χ1v) is 16.2. The van der Waals surface area contributed by atoms with Crippen LogP contribution in [-0.4, -0.2) is 53.1 Å². The molecule has 0 saturated heterocycles. The molecule has 1 amide bonds. The van der Waals surface area contributed by atoms with E-state index in [-0.39, 0.29) is 23.8 Å². The van der Waals surface area contributed by atoms with Crippen LogP contribution in [0.15, 0.2) is 72.8 Å². The fourth-order valence-electron chi connectivity index (χ4n) is 5.76. The van der Waals surface area contributed by atoms with Crippen molar-refractivity contribution in [2.45, 2.75) is 77.9 Å². The maximum atomic E-state index is 13.7. The normalized spacial score (nSPS) is 14.0. The Morgan fingerprint density at radius 2 is 1.51 bits per heavy atom. The van der Waals surface area contributed by atoms with Crippen molar-refractivity contribution in [3.8, 4) is 0 Å². The van der Waals surface area contributed by atoms with Crippen LogP contribution in [0.3, 0.4) is 0 Å². The van der Waals surface area contributed by atoms with E-state index in [1.807, 2.05) is 32.9 Å². The number of carbonyl (C=O) groups is 2. The van der Waals surface area contributed by atoms with Crippen LogP contribution >= 0.6 is 0 Å². The molecule has 218 valence electrons. The highest BCUT2D eigenvalue weighted by Crippen LogP contribution is 2.37.